The fraction of sp³-hybridized carbons (Fsp3) is 0.0833. The van der Waals surface area contributed by atoms with Crippen molar-refractivity contribution in [2.45, 2.75) is 18.7 Å². The summed E-state index contributed by atoms with van der Waals surface area (Å²) in [6, 6.07) is 22.4. The van der Waals surface area contributed by atoms with E-state index in [2.05, 4.69) is 14.8 Å². The van der Waals surface area contributed by atoms with E-state index in [1.807, 2.05) is 37.3 Å². The number of aromatic amines is 1. The lowest BCUT2D eigenvalue weighted by Gasteiger charge is -2.07. The molecule has 4 rings (SSSR count). The van der Waals surface area contributed by atoms with Crippen LogP contribution in [0.25, 0.3) is 5.69 Å². The minimum absolute atomic E-state index is 0.125. The molecule has 0 fully saturated rings. The molecule has 162 valence electrons. The van der Waals surface area contributed by atoms with E-state index in [-0.39, 0.29) is 10.5 Å². The molecule has 3 aromatic carbocycles. The van der Waals surface area contributed by atoms with E-state index in [1.165, 1.54) is 23.0 Å². The third-order valence-electron chi connectivity index (χ3n) is 4.92. The van der Waals surface area contributed by atoms with E-state index in [0.717, 1.165) is 11.3 Å². The molecule has 0 saturated heterocycles. The van der Waals surface area contributed by atoms with Crippen LogP contribution in [0.4, 0.5) is 11.4 Å². The Kier molecular flexibility index (Phi) is 5.79. The Bertz CT molecular complexity index is 1420. The summed E-state index contributed by atoms with van der Waals surface area (Å²) in [6.07, 6.45) is 1.49. The standard InChI is InChI=1S/C24H22N4O3S/c1-17-8-12-21(13-9-17)28-24(29)23(18(2)26-28)16-25-19-10-14-22(15-11-19)32(30,31)27-20-6-4-3-5-7-20/h3-16,26-27H,1-2H3. The fourth-order valence-corrected chi connectivity index (χ4v) is 4.22. The van der Waals surface area contributed by atoms with Gasteiger partial charge in [-0.05, 0) is 62.4 Å². The molecule has 8 heteroatoms. The van der Waals surface area contributed by atoms with Crippen LogP contribution in [-0.4, -0.2) is 24.4 Å². The lowest BCUT2D eigenvalue weighted by atomic mass is 10.2. The fourth-order valence-electron chi connectivity index (χ4n) is 3.16. The molecule has 0 amide bonds. The third-order valence-corrected chi connectivity index (χ3v) is 6.32. The first-order valence-corrected chi connectivity index (χ1v) is 11.4. The summed E-state index contributed by atoms with van der Waals surface area (Å²) in [6.45, 7) is 3.79. The van der Waals surface area contributed by atoms with Crippen molar-refractivity contribution in [1.29, 1.82) is 0 Å². The summed E-state index contributed by atoms with van der Waals surface area (Å²) in [4.78, 5) is 17.3. The summed E-state index contributed by atoms with van der Waals surface area (Å²) < 4.78 is 29.1. The van der Waals surface area contributed by atoms with Gasteiger partial charge in [-0.2, -0.15) is 0 Å². The van der Waals surface area contributed by atoms with Gasteiger partial charge in [0.05, 0.1) is 21.8 Å². The Morgan fingerprint density at radius 2 is 1.56 bits per heavy atom. The molecule has 1 aromatic heterocycles. The van der Waals surface area contributed by atoms with E-state index in [4.69, 9.17) is 0 Å². The van der Waals surface area contributed by atoms with Crippen LogP contribution in [0.3, 0.4) is 0 Å². The van der Waals surface area contributed by atoms with Gasteiger partial charge in [-0.25, -0.2) is 13.1 Å². The lowest BCUT2D eigenvalue weighted by molar-refractivity contribution is 0.601. The molecule has 1 heterocycles. The number of benzene rings is 3. The average Bonchev–Trinajstić information content (AvgIpc) is 3.07. The maximum absolute atomic E-state index is 12.8. The van der Waals surface area contributed by atoms with E-state index in [1.54, 1.807) is 43.3 Å². The number of sulfonamides is 1. The number of para-hydroxylation sites is 1. The van der Waals surface area contributed by atoms with Gasteiger partial charge < -0.3 is 0 Å². The first kappa shape index (κ1) is 21.3. The smallest absolute Gasteiger partial charge is 0.280 e. The zero-order valence-electron chi connectivity index (χ0n) is 17.6. The molecule has 0 unspecified atom stereocenters. The molecule has 4 aromatic rings. The SMILES string of the molecule is Cc1ccc(-n2[nH]c(C)c(C=Nc3ccc(S(=O)(=O)Nc4ccccc4)cc3)c2=O)cc1. The van der Waals surface area contributed by atoms with Crippen molar-refractivity contribution < 1.29 is 8.42 Å². The molecule has 32 heavy (non-hydrogen) atoms. The number of anilines is 1. The first-order chi connectivity index (χ1) is 15.3. The van der Waals surface area contributed by atoms with Crippen molar-refractivity contribution in [3.05, 3.63) is 106 Å². The highest BCUT2D eigenvalue weighted by molar-refractivity contribution is 7.92. The number of aromatic nitrogens is 2. The van der Waals surface area contributed by atoms with Crippen LogP contribution in [-0.2, 0) is 10.0 Å². The highest BCUT2D eigenvalue weighted by Crippen LogP contribution is 2.19. The highest BCUT2D eigenvalue weighted by atomic mass is 32.2. The van der Waals surface area contributed by atoms with Crippen LogP contribution in [0, 0.1) is 13.8 Å². The molecular formula is C24H22N4O3S. The number of aryl methyl sites for hydroxylation is 2. The summed E-state index contributed by atoms with van der Waals surface area (Å²) >= 11 is 0. The van der Waals surface area contributed by atoms with Crippen molar-refractivity contribution in [2.75, 3.05) is 4.72 Å². The number of nitrogens with zero attached hydrogens (tertiary/aromatic N) is 2. The maximum Gasteiger partial charge on any atom is 0.280 e. The first-order valence-electron chi connectivity index (χ1n) is 9.94. The summed E-state index contributed by atoms with van der Waals surface area (Å²) in [5, 5.41) is 3.06. The third kappa shape index (κ3) is 4.55. The van der Waals surface area contributed by atoms with Crippen LogP contribution in [0.1, 0.15) is 16.8 Å². The van der Waals surface area contributed by atoms with Gasteiger partial charge in [-0.15, -0.1) is 0 Å². The maximum atomic E-state index is 12.8. The van der Waals surface area contributed by atoms with Gasteiger partial charge in [0.2, 0.25) is 0 Å². The second kappa shape index (κ2) is 8.68. The van der Waals surface area contributed by atoms with Crippen molar-refractivity contribution >= 4 is 27.6 Å². The minimum Gasteiger partial charge on any atom is -0.295 e. The highest BCUT2D eigenvalue weighted by Gasteiger charge is 2.14. The minimum atomic E-state index is -3.70. The molecule has 0 atom stereocenters. The number of H-pyrrole nitrogens is 1. The Hall–Kier alpha value is -3.91. The summed E-state index contributed by atoms with van der Waals surface area (Å²) in [5.74, 6) is 0. The number of aliphatic imine (C=N–C) groups is 1. The quantitative estimate of drug-likeness (QED) is 0.431. The van der Waals surface area contributed by atoms with E-state index < -0.39 is 10.0 Å². The molecule has 0 bridgehead atoms. The monoisotopic (exact) mass is 446 g/mol. The van der Waals surface area contributed by atoms with E-state index in [0.29, 0.717) is 22.6 Å². The van der Waals surface area contributed by atoms with Gasteiger partial charge in [0.1, 0.15) is 0 Å². The van der Waals surface area contributed by atoms with Crippen LogP contribution in [0.15, 0.2) is 93.5 Å². The normalized spacial score (nSPS) is 11.7. The molecule has 0 saturated carbocycles. The molecule has 0 aliphatic heterocycles. The molecule has 7 nitrogen and oxygen atoms in total. The zero-order valence-corrected chi connectivity index (χ0v) is 18.4. The van der Waals surface area contributed by atoms with Crippen LogP contribution < -0.4 is 10.3 Å². The van der Waals surface area contributed by atoms with Crippen LogP contribution in [0.2, 0.25) is 0 Å². The Balaban J connectivity index is 1.55. The number of nitrogens with one attached hydrogen (secondary N) is 2. The van der Waals surface area contributed by atoms with Crippen molar-refractivity contribution in [3.8, 4) is 5.69 Å². The summed E-state index contributed by atoms with van der Waals surface area (Å²) in [5.41, 5.74) is 3.79. The van der Waals surface area contributed by atoms with Crippen molar-refractivity contribution in [1.82, 2.24) is 9.78 Å². The average molecular weight is 447 g/mol. The van der Waals surface area contributed by atoms with E-state index in [9.17, 15) is 13.2 Å². The molecule has 2 N–H and O–H groups in total. The molecular weight excluding hydrogens is 424 g/mol. The van der Waals surface area contributed by atoms with Gasteiger partial charge >= 0.3 is 0 Å². The van der Waals surface area contributed by atoms with Gasteiger partial charge in [-0.1, -0.05) is 35.9 Å². The van der Waals surface area contributed by atoms with Gasteiger partial charge in [0, 0.05) is 17.6 Å². The Morgan fingerprint density at radius 1 is 0.906 bits per heavy atom. The molecule has 0 aliphatic carbocycles. The molecule has 0 radical (unpaired) electrons. The van der Waals surface area contributed by atoms with Gasteiger partial charge in [-0.3, -0.25) is 19.6 Å². The lowest BCUT2D eigenvalue weighted by Crippen LogP contribution is -2.17. The van der Waals surface area contributed by atoms with Gasteiger partial charge in [0.15, 0.2) is 0 Å². The molecule has 0 spiro atoms. The second-order valence-electron chi connectivity index (χ2n) is 7.35. The van der Waals surface area contributed by atoms with Crippen molar-refractivity contribution in [2.24, 2.45) is 4.99 Å². The van der Waals surface area contributed by atoms with Gasteiger partial charge in [0.25, 0.3) is 15.6 Å². The number of hydrogen-bond acceptors (Lipinski definition) is 4. The Labute approximate surface area is 186 Å². The zero-order chi connectivity index (χ0) is 22.7. The van der Waals surface area contributed by atoms with Crippen molar-refractivity contribution in [3.63, 3.8) is 0 Å². The second-order valence-corrected chi connectivity index (χ2v) is 9.03. The largest absolute Gasteiger partial charge is 0.295 e. The molecule has 0 aliphatic rings. The number of hydrogen-bond donors (Lipinski definition) is 2. The van der Waals surface area contributed by atoms with Crippen LogP contribution in [0.5, 0.6) is 0 Å². The predicted octanol–water partition coefficient (Wildman–Crippen LogP) is 4.33. The topological polar surface area (TPSA) is 96.3 Å². The number of rotatable bonds is 6. The predicted molar refractivity (Wildman–Crippen MR) is 127 cm³/mol. The Morgan fingerprint density at radius 3 is 2.22 bits per heavy atom. The van der Waals surface area contributed by atoms with Crippen LogP contribution >= 0.6 is 0 Å². The van der Waals surface area contributed by atoms with E-state index >= 15 is 0 Å². The summed E-state index contributed by atoms with van der Waals surface area (Å²) in [7, 11) is -3.70.